The molecule has 1 aliphatic rings. The maximum absolute atomic E-state index is 12.4. The molecular formula is C24H35IN4O2S. The highest BCUT2D eigenvalue weighted by Gasteiger charge is 2.19. The molecule has 0 saturated carbocycles. The quantitative estimate of drug-likeness (QED) is 0.217. The topological polar surface area (TPSA) is 65.0 Å². The number of halogens is 1. The summed E-state index contributed by atoms with van der Waals surface area (Å²) in [6.07, 6.45) is 0.540. The highest BCUT2D eigenvalue weighted by atomic mass is 127. The van der Waals surface area contributed by atoms with E-state index in [-0.39, 0.29) is 35.5 Å². The van der Waals surface area contributed by atoms with Crippen LogP contribution in [0.5, 0.6) is 0 Å². The Morgan fingerprint density at radius 2 is 1.53 bits per heavy atom. The fourth-order valence-corrected chi connectivity index (χ4v) is 5.17. The minimum Gasteiger partial charge on any atom is -0.357 e. The molecule has 0 aromatic heterocycles. The molecule has 0 bridgehead atoms. The van der Waals surface area contributed by atoms with Crippen LogP contribution < -0.4 is 5.32 Å². The summed E-state index contributed by atoms with van der Waals surface area (Å²) in [6.45, 7) is 8.18. The number of hydrogen-bond donors (Lipinski definition) is 1. The molecule has 0 atom stereocenters. The molecule has 0 unspecified atom stereocenters. The fraction of sp³-hybridized carbons (Fsp3) is 0.458. The Labute approximate surface area is 210 Å². The van der Waals surface area contributed by atoms with Gasteiger partial charge in [0.2, 0.25) is 0 Å². The third-order valence-corrected chi connectivity index (χ3v) is 7.04. The first kappa shape index (κ1) is 26.6. The normalized spacial score (nSPS) is 15.3. The van der Waals surface area contributed by atoms with Crippen LogP contribution in [0.25, 0.3) is 0 Å². The van der Waals surface area contributed by atoms with Crippen molar-refractivity contribution in [2.75, 3.05) is 45.0 Å². The number of sulfone groups is 1. The van der Waals surface area contributed by atoms with Crippen molar-refractivity contribution >= 4 is 39.8 Å². The lowest BCUT2D eigenvalue weighted by molar-refractivity contribution is 0.172. The standard InChI is InChI=1S/C24H34N4O2S.HI/c1-2-25-24(26-14-9-19-31(29,30)21-23-12-7-4-8-13-23)28-17-15-27(16-18-28)20-22-10-5-3-6-11-22;/h3-8,10-13H,2,9,14-21H2,1H3,(H,25,26);1H. The smallest absolute Gasteiger partial charge is 0.194 e. The van der Waals surface area contributed by atoms with Gasteiger partial charge in [0.25, 0.3) is 0 Å². The fourth-order valence-electron chi connectivity index (χ4n) is 3.75. The Hall–Kier alpha value is -1.65. The second-order valence-corrected chi connectivity index (χ2v) is 10.1. The van der Waals surface area contributed by atoms with Gasteiger partial charge in [-0.1, -0.05) is 60.7 Å². The Balaban J connectivity index is 0.00000363. The van der Waals surface area contributed by atoms with Gasteiger partial charge in [-0.3, -0.25) is 9.89 Å². The van der Waals surface area contributed by atoms with Crippen LogP contribution in [0.4, 0.5) is 0 Å². The van der Waals surface area contributed by atoms with Crippen LogP contribution in [0.15, 0.2) is 65.7 Å². The van der Waals surface area contributed by atoms with Crippen LogP contribution in [0.1, 0.15) is 24.5 Å². The molecule has 1 aliphatic heterocycles. The van der Waals surface area contributed by atoms with E-state index in [4.69, 9.17) is 4.99 Å². The van der Waals surface area contributed by atoms with E-state index in [2.05, 4.69) is 46.3 Å². The van der Waals surface area contributed by atoms with E-state index in [9.17, 15) is 8.42 Å². The Kier molecular flexibility index (Phi) is 11.5. The van der Waals surface area contributed by atoms with Gasteiger partial charge in [-0.2, -0.15) is 0 Å². The predicted molar refractivity (Wildman–Crippen MR) is 143 cm³/mol. The second-order valence-electron chi connectivity index (χ2n) is 7.92. The predicted octanol–water partition coefficient (Wildman–Crippen LogP) is 3.39. The van der Waals surface area contributed by atoms with Gasteiger partial charge in [-0.05, 0) is 24.5 Å². The van der Waals surface area contributed by atoms with Gasteiger partial charge in [-0.25, -0.2) is 8.42 Å². The molecule has 0 spiro atoms. The summed E-state index contributed by atoms with van der Waals surface area (Å²) in [5, 5.41) is 3.36. The molecule has 1 saturated heterocycles. The summed E-state index contributed by atoms with van der Waals surface area (Å²) in [5.41, 5.74) is 2.18. The molecule has 1 fully saturated rings. The Morgan fingerprint density at radius 1 is 0.938 bits per heavy atom. The van der Waals surface area contributed by atoms with Crippen molar-refractivity contribution < 1.29 is 8.42 Å². The van der Waals surface area contributed by atoms with Gasteiger partial charge in [0.1, 0.15) is 0 Å². The Morgan fingerprint density at radius 3 is 2.12 bits per heavy atom. The summed E-state index contributed by atoms with van der Waals surface area (Å²) >= 11 is 0. The zero-order chi connectivity index (χ0) is 21.9. The van der Waals surface area contributed by atoms with Crippen molar-refractivity contribution in [1.82, 2.24) is 15.1 Å². The van der Waals surface area contributed by atoms with Crippen molar-refractivity contribution in [3.63, 3.8) is 0 Å². The number of piperazine rings is 1. The lowest BCUT2D eigenvalue weighted by Gasteiger charge is -2.36. The minimum atomic E-state index is -3.12. The summed E-state index contributed by atoms with van der Waals surface area (Å²) in [6, 6.07) is 19.9. The van der Waals surface area contributed by atoms with Crippen LogP contribution in [0.3, 0.4) is 0 Å². The third kappa shape index (κ3) is 9.07. The van der Waals surface area contributed by atoms with Crippen molar-refractivity contribution in [3.05, 3.63) is 71.8 Å². The maximum Gasteiger partial charge on any atom is 0.194 e. The molecule has 1 N–H and O–H groups in total. The minimum absolute atomic E-state index is 0. The van der Waals surface area contributed by atoms with Gasteiger partial charge in [-0.15, -0.1) is 24.0 Å². The molecule has 0 radical (unpaired) electrons. The van der Waals surface area contributed by atoms with Gasteiger partial charge in [0, 0.05) is 45.8 Å². The SMILES string of the molecule is CCNC(=NCCCS(=O)(=O)Cc1ccccc1)N1CCN(Cc2ccccc2)CC1.I. The van der Waals surface area contributed by atoms with Crippen LogP contribution in [0, 0.1) is 0 Å². The molecule has 176 valence electrons. The lowest BCUT2D eigenvalue weighted by atomic mass is 10.2. The summed E-state index contributed by atoms with van der Waals surface area (Å²) < 4.78 is 24.8. The first-order valence-electron chi connectivity index (χ1n) is 11.1. The van der Waals surface area contributed by atoms with E-state index in [1.807, 2.05) is 36.4 Å². The van der Waals surface area contributed by atoms with Crippen molar-refractivity contribution in [1.29, 1.82) is 0 Å². The average Bonchev–Trinajstić information content (AvgIpc) is 2.78. The molecule has 8 heteroatoms. The molecule has 32 heavy (non-hydrogen) atoms. The molecule has 2 aromatic rings. The summed E-state index contributed by atoms with van der Waals surface area (Å²) in [7, 11) is -3.12. The molecule has 3 rings (SSSR count). The van der Waals surface area contributed by atoms with Crippen molar-refractivity contribution in [2.45, 2.75) is 25.6 Å². The second kappa shape index (κ2) is 13.8. The van der Waals surface area contributed by atoms with Crippen molar-refractivity contribution in [2.24, 2.45) is 4.99 Å². The monoisotopic (exact) mass is 570 g/mol. The average molecular weight is 571 g/mol. The van der Waals surface area contributed by atoms with E-state index in [1.54, 1.807) is 0 Å². The maximum atomic E-state index is 12.4. The van der Waals surface area contributed by atoms with Crippen LogP contribution in [-0.2, 0) is 22.1 Å². The number of aliphatic imine (C=N–C) groups is 1. The van der Waals surface area contributed by atoms with Crippen LogP contribution in [0.2, 0.25) is 0 Å². The third-order valence-electron chi connectivity index (χ3n) is 5.36. The Bertz CT molecular complexity index is 916. The van der Waals surface area contributed by atoms with Crippen LogP contribution in [-0.4, -0.2) is 69.2 Å². The molecule has 6 nitrogen and oxygen atoms in total. The molecule has 0 aliphatic carbocycles. The lowest BCUT2D eigenvalue weighted by Crippen LogP contribution is -2.52. The summed E-state index contributed by atoms with van der Waals surface area (Å²) in [4.78, 5) is 9.45. The zero-order valence-electron chi connectivity index (χ0n) is 18.8. The van der Waals surface area contributed by atoms with Gasteiger partial charge in [0.15, 0.2) is 15.8 Å². The zero-order valence-corrected chi connectivity index (χ0v) is 22.0. The van der Waals surface area contributed by atoms with Gasteiger partial charge in [0.05, 0.1) is 11.5 Å². The van der Waals surface area contributed by atoms with E-state index < -0.39 is 9.84 Å². The molecule has 0 amide bonds. The largest absolute Gasteiger partial charge is 0.357 e. The molecule has 2 aromatic carbocycles. The number of rotatable bonds is 9. The van der Waals surface area contributed by atoms with Gasteiger partial charge >= 0.3 is 0 Å². The van der Waals surface area contributed by atoms with Gasteiger partial charge < -0.3 is 10.2 Å². The highest BCUT2D eigenvalue weighted by molar-refractivity contribution is 14.0. The highest BCUT2D eigenvalue weighted by Crippen LogP contribution is 2.10. The first-order chi connectivity index (χ1) is 15.1. The van der Waals surface area contributed by atoms with E-state index in [1.165, 1.54) is 5.56 Å². The number of benzene rings is 2. The number of nitrogens with zero attached hydrogens (tertiary/aromatic N) is 3. The summed E-state index contributed by atoms with van der Waals surface area (Å²) in [5.74, 6) is 1.15. The van der Waals surface area contributed by atoms with E-state index in [0.717, 1.165) is 50.8 Å². The molecule has 1 heterocycles. The van der Waals surface area contributed by atoms with Crippen LogP contribution >= 0.6 is 24.0 Å². The number of guanidine groups is 1. The van der Waals surface area contributed by atoms with E-state index >= 15 is 0 Å². The number of hydrogen-bond acceptors (Lipinski definition) is 4. The van der Waals surface area contributed by atoms with E-state index in [0.29, 0.717) is 13.0 Å². The number of nitrogens with one attached hydrogen (secondary N) is 1. The molecular weight excluding hydrogens is 535 g/mol. The first-order valence-corrected chi connectivity index (χ1v) is 12.9. The van der Waals surface area contributed by atoms with Crippen molar-refractivity contribution in [3.8, 4) is 0 Å².